The number of sulfonamides is 1. The van der Waals surface area contributed by atoms with Crippen LogP contribution < -0.4 is 5.32 Å². The molecule has 1 N–H and O–H groups in total. The summed E-state index contributed by atoms with van der Waals surface area (Å²) in [6.45, 7) is 2.05. The second kappa shape index (κ2) is 9.34. The quantitative estimate of drug-likeness (QED) is 0.765. The van der Waals surface area contributed by atoms with E-state index in [0.29, 0.717) is 5.69 Å². The van der Waals surface area contributed by atoms with Crippen LogP contribution in [0.15, 0.2) is 24.3 Å². The van der Waals surface area contributed by atoms with Crippen molar-refractivity contribution in [1.29, 1.82) is 0 Å². The molecule has 0 unspecified atom stereocenters. The van der Waals surface area contributed by atoms with Crippen molar-refractivity contribution < 1.29 is 13.2 Å². The van der Waals surface area contributed by atoms with Gasteiger partial charge in [0.1, 0.15) is 0 Å². The second-order valence-corrected chi connectivity index (χ2v) is 8.88. The maximum Gasteiger partial charge on any atom is 0.239 e. The SMILES string of the molecule is CCCCc1ccc(NC(=O)CN(C2CCCCC2)S(C)(=O)=O)cc1. The minimum Gasteiger partial charge on any atom is -0.325 e. The number of hydrogen-bond donors (Lipinski definition) is 1. The van der Waals surface area contributed by atoms with E-state index in [2.05, 4.69) is 12.2 Å². The number of carbonyl (C=O) groups excluding carboxylic acids is 1. The third kappa shape index (κ3) is 6.44. The van der Waals surface area contributed by atoms with Gasteiger partial charge in [0.2, 0.25) is 15.9 Å². The summed E-state index contributed by atoms with van der Waals surface area (Å²) in [4.78, 5) is 12.4. The Kier molecular flexibility index (Phi) is 7.44. The summed E-state index contributed by atoms with van der Waals surface area (Å²) in [5.74, 6) is -0.280. The van der Waals surface area contributed by atoms with E-state index in [0.717, 1.165) is 51.4 Å². The van der Waals surface area contributed by atoms with Crippen molar-refractivity contribution in [2.75, 3.05) is 18.1 Å². The molecule has 1 aliphatic rings. The van der Waals surface area contributed by atoms with Gasteiger partial charge in [0, 0.05) is 11.7 Å². The first-order valence-electron chi connectivity index (χ1n) is 9.25. The first-order valence-corrected chi connectivity index (χ1v) is 11.1. The smallest absolute Gasteiger partial charge is 0.239 e. The largest absolute Gasteiger partial charge is 0.325 e. The summed E-state index contributed by atoms with van der Waals surface area (Å²) < 4.78 is 25.6. The molecule has 2 rings (SSSR count). The van der Waals surface area contributed by atoms with E-state index in [1.807, 2.05) is 24.3 Å². The van der Waals surface area contributed by atoms with Crippen LogP contribution in [0.2, 0.25) is 0 Å². The highest BCUT2D eigenvalue weighted by Gasteiger charge is 2.29. The van der Waals surface area contributed by atoms with Crippen molar-refractivity contribution in [3.63, 3.8) is 0 Å². The van der Waals surface area contributed by atoms with Crippen molar-refractivity contribution in [3.8, 4) is 0 Å². The van der Waals surface area contributed by atoms with Gasteiger partial charge in [-0.15, -0.1) is 0 Å². The first-order chi connectivity index (χ1) is 11.9. The fourth-order valence-electron chi connectivity index (χ4n) is 3.36. The van der Waals surface area contributed by atoms with Crippen molar-refractivity contribution in [2.24, 2.45) is 0 Å². The third-order valence-corrected chi connectivity index (χ3v) is 6.04. The molecule has 0 spiro atoms. The molecule has 1 saturated carbocycles. The first kappa shape index (κ1) is 19.9. The van der Waals surface area contributed by atoms with Gasteiger partial charge >= 0.3 is 0 Å². The molecule has 1 aromatic rings. The van der Waals surface area contributed by atoms with E-state index >= 15 is 0 Å². The molecule has 0 aromatic heterocycles. The van der Waals surface area contributed by atoms with Crippen LogP contribution in [0.4, 0.5) is 5.69 Å². The van der Waals surface area contributed by atoms with E-state index in [1.54, 1.807) is 0 Å². The average Bonchev–Trinajstić information content (AvgIpc) is 2.59. The lowest BCUT2D eigenvalue weighted by Crippen LogP contribution is -2.45. The fourth-order valence-corrected chi connectivity index (χ4v) is 4.47. The van der Waals surface area contributed by atoms with Crippen LogP contribution in [0.25, 0.3) is 0 Å². The Morgan fingerprint density at radius 1 is 1.16 bits per heavy atom. The number of nitrogens with zero attached hydrogens (tertiary/aromatic N) is 1. The zero-order valence-corrected chi connectivity index (χ0v) is 16.1. The summed E-state index contributed by atoms with van der Waals surface area (Å²) >= 11 is 0. The summed E-state index contributed by atoms with van der Waals surface area (Å²) in [6, 6.07) is 7.75. The number of unbranched alkanes of at least 4 members (excludes halogenated alkanes) is 1. The lowest BCUT2D eigenvalue weighted by atomic mass is 9.95. The predicted octanol–water partition coefficient (Wildman–Crippen LogP) is 3.56. The number of carbonyl (C=O) groups is 1. The Morgan fingerprint density at radius 3 is 2.36 bits per heavy atom. The molecule has 1 fully saturated rings. The van der Waals surface area contributed by atoms with Crippen LogP contribution in [-0.4, -0.2) is 37.5 Å². The summed E-state index contributed by atoms with van der Waals surface area (Å²) in [5, 5.41) is 2.82. The van der Waals surface area contributed by atoms with Gasteiger partial charge in [-0.05, 0) is 43.4 Å². The average molecular weight is 367 g/mol. The van der Waals surface area contributed by atoms with Gasteiger partial charge in [0.15, 0.2) is 0 Å². The minimum atomic E-state index is -3.40. The number of amides is 1. The number of anilines is 1. The highest BCUT2D eigenvalue weighted by Crippen LogP contribution is 2.24. The van der Waals surface area contributed by atoms with Crippen LogP contribution in [0.1, 0.15) is 57.4 Å². The summed E-state index contributed by atoms with van der Waals surface area (Å²) in [6.07, 6.45) is 9.40. The highest BCUT2D eigenvalue weighted by atomic mass is 32.2. The van der Waals surface area contributed by atoms with Crippen molar-refractivity contribution >= 4 is 21.6 Å². The molecule has 0 heterocycles. The van der Waals surface area contributed by atoms with Gasteiger partial charge in [-0.1, -0.05) is 44.7 Å². The van der Waals surface area contributed by atoms with Gasteiger partial charge in [-0.3, -0.25) is 4.79 Å². The monoisotopic (exact) mass is 366 g/mol. The van der Waals surface area contributed by atoms with Crippen molar-refractivity contribution in [1.82, 2.24) is 4.31 Å². The molecule has 1 aliphatic carbocycles. The fraction of sp³-hybridized carbons (Fsp3) is 0.632. The number of aryl methyl sites for hydroxylation is 1. The molecule has 5 nitrogen and oxygen atoms in total. The van der Waals surface area contributed by atoms with Gasteiger partial charge in [-0.2, -0.15) is 4.31 Å². The normalized spacial score (nSPS) is 16.1. The lowest BCUT2D eigenvalue weighted by molar-refractivity contribution is -0.116. The molecule has 0 radical (unpaired) electrons. The molecule has 0 saturated heterocycles. The maximum absolute atomic E-state index is 12.4. The third-order valence-electron chi connectivity index (χ3n) is 4.76. The number of benzene rings is 1. The predicted molar refractivity (Wildman–Crippen MR) is 102 cm³/mol. The standard InChI is InChI=1S/C19H30N2O3S/c1-3-4-8-16-11-13-17(14-12-16)20-19(22)15-21(25(2,23)24)18-9-6-5-7-10-18/h11-14,18H,3-10,15H2,1-2H3,(H,20,22). The Morgan fingerprint density at radius 2 is 1.80 bits per heavy atom. The van der Waals surface area contributed by atoms with Crippen LogP contribution in [0.5, 0.6) is 0 Å². The van der Waals surface area contributed by atoms with Crippen molar-refractivity contribution in [3.05, 3.63) is 29.8 Å². The van der Waals surface area contributed by atoms with Crippen LogP contribution in [-0.2, 0) is 21.2 Å². The van der Waals surface area contributed by atoms with Gasteiger partial charge in [-0.25, -0.2) is 8.42 Å². The van der Waals surface area contributed by atoms with E-state index in [1.165, 1.54) is 16.1 Å². The Hall–Kier alpha value is -1.40. The molecule has 0 atom stereocenters. The zero-order chi connectivity index (χ0) is 18.3. The molecule has 1 aromatic carbocycles. The van der Waals surface area contributed by atoms with E-state index in [9.17, 15) is 13.2 Å². The lowest BCUT2D eigenvalue weighted by Gasteiger charge is -2.31. The molecule has 0 bridgehead atoms. The molecular weight excluding hydrogens is 336 g/mol. The zero-order valence-electron chi connectivity index (χ0n) is 15.3. The summed E-state index contributed by atoms with van der Waals surface area (Å²) in [5.41, 5.74) is 1.96. The highest BCUT2D eigenvalue weighted by molar-refractivity contribution is 7.88. The molecule has 0 aliphatic heterocycles. The molecule has 140 valence electrons. The van der Waals surface area contributed by atoms with Gasteiger partial charge in [0.05, 0.1) is 12.8 Å². The number of hydrogen-bond acceptors (Lipinski definition) is 3. The van der Waals surface area contributed by atoms with Crippen LogP contribution in [0.3, 0.4) is 0 Å². The van der Waals surface area contributed by atoms with Crippen molar-refractivity contribution in [2.45, 2.75) is 64.3 Å². The topological polar surface area (TPSA) is 66.5 Å². The van der Waals surface area contributed by atoms with Gasteiger partial charge in [0.25, 0.3) is 0 Å². The van der Waals surface area contributed by atoms with Crippen LogP contribution in [0, 0.1) is 0 Å². The Balaban J connectivity index is 1.96. The molecular formula is C19H30N2O3S. The van der Waals surface area contributed by atoms with Crippen LogP contribution >= 0.6 is 0 Å². The van der Waals surface area contributed by atoms with Gasteiger partial charge < -0.3 is 5.32 Å². The van der Waals surface area contributed by atoms with E-state index < -0.39 is 10.0 Å². The maximum atomic E-state index is 12.4. The van der Waals surface area contributed by atoms with E-state index in [-0.39, 0.29) is 18.5 Å². The molecule has 25 heavy (non-hydrogen) atoms. The van der Waals surface area contributed by atoms with E-state index in [4.69, 9.17) is 0 Å². The molecule has 6 heteroatoms. The Labute approximate surface area is 151 Å². The molecule has 1 amide bonds. The second-order valence-electron chi connectivity index (χ2n) is 6.95. The minimum absolute atomic E-state index is 0.0501. The summed E-state index contributed by atoms with van der Waals surface area (Å²) in [7, 11) is -3.40. The number of rotatable bonds is 8. The number of nitrogens with one attached hydrogen (secondary N) is 1. The Bertz CT molecular complexity index is 650.